The van der Waals surface area contributed by atoms with Crippen molar-refractivity contribution in [2.75, 3.05) is 26.9 Å². The van der Waals surface area contributed by atoms with Crippen LogP contribution in [0.25, 0.3) is 0 Å². The van der Waals surface area contributed by atoms with Crippen molar-refractivity contribution in [2.45, 2.75) is 19.8 Å². The summed E-state index contributed by atoms with van der Waals surface area (Å²) >= 11 is 3.44. The van der Waals surface area contributed by atoms with Crippen LogP contribution < -0.4 is 9.47 Å². The number of ether oxygens (including phenoxy) is 3. The van der Waals surface area contributed by atoms with Gasteiger partial charge < -0.3 is 14.2 Å². The van der Waals surface area contributed by atoms with Crippen molar-refractivity contribution >= 4 is 15.9 Å². The van der Waals surface area contributed by atoms with Crippen molar-refractivity contribution < 1.29 is 14.2 Å². The van der Waals surface area contributed by atoms with Gasteiger partial charge in [-0.05, 0) is 40.5 Å². The lowest BCUT2D eigenvalue weighted by molar-refractivity contribution is 0.0978. The molecule has 17 heavy (non-hydrogen) atoms. The van der Waals surface area contributed by atoms with Gasteiger partial charge in [0.25, 0.3) is 0 Å². The SMILES string of the molecule is CCCCOCCOc1ccc(OC)cc1Br. The Labute approximate surface area is 111 Å². The molecule has 0 fully saturated rings. The molecular formula is C13H19BrO3. The summed E-state index contributed by atoms with van der Waals surface area (Å²) in [4.78, 5) is 0. The van der Waals surface area contributed by atoms with Gasteiger partial charge in [-0.2, -0.15) is 0 Å². The Hall–Kier alpha value is -0.740. The minimum absolute atomic E-state index is 0.564. The van der Waals surface area contributed by atoms with Crippen molar-refractivity contribution in [1.82, 2.24) is 0 Å². The first-order valence-corrected chi connectivity index (χ1v) is 6.61. The largest absolute Gasteiger partial charge is 0.497 e. The van der Waals surface area contributed by atoms with Crippen molar-refractivity contribution in [2.24, 2.45) is 0 Å². The van der Waals surface area contributed by atoms with E-state index in [0.29, 0.717) is 13.2 Å². The lowest BCUT2D eigenvalue weighted by Crippen LogP contribution is -2.07. The van der Waals surface area contributed by atoms with Gasteiger partial charge in [0.15, 0.2) is 0 Å². The normalized spacial score (nSPS) is 10.3. The van der Waals surface area contributed by atoms with Crippen LogP contribution in [-0.4, -0.2) is 26.9 Å². The summed E-state index contributed by atoms with van der Waals surface area (Å²) < 4.78 is 17.0. The van der Waals surface area contributed by atoms with Crippen LogP contribution in [0.3, 0.4) is 0 Å². The van der Waals surface area contributed by atoms with E-state index in [4.69, 9.17) is 14.2 Å². The van der Waals surface area contributed by atoms with Crippen LogP contribution >= 0.6 is 15.9 Å². The summed E-state index contributed by atoms with van der Waals surface area (Å²) in [7, 11) is 1.64. The Morgan fingerprint density at radius 1 is 1.18 bits per heavy atom. The van der Waals surface area contributed by atoms with E-state index in [0.717, 1.165) is 35.4 Å². The molecule has 0 N–H and O–H groups in total. The molecule has 0 amide bonds. The third-order valence-corrected chi connectivity index (χ3v) is 2.89. The summed E-state index contributed by atoms with van der Waals surface area (Å²) in [5.41, 5.74) is 0. The van der Waals surface area contributed by atoms with E-state index in [-0.39, 0.29) is 0 Å². The van der Waals surface area contributed by atoms with E-state index >= 15 is 0 Å². The summed E-state index contributed by atoms with van der Waals surface area (Å²) in [6.45, 7) is 4.14. The molecule has 0 saturated heterocycles. The number of halogens is 1. The molecule has 0 radical (unpaired) electrons. The maximum atomic E-state index is 5.59. The van der Waals surface area contributed by atoms with Crippen LogP contribution in [-0.2, 0) is 4.74 Å². The predicted octanol–water partition coefficient (Wildman–Crippen LogP) is 3.65. The Bertz CT molecular complexity index is 328. The average molecular weight is 303 g/mol. The van der Waals surface area contributed by atoms with E-state index in [1.165, 1.54) is 0 Å². The highest BCUT2D eigenvalue weighted by Crippen LogP contribution is 2.28. The molecule has 0 aliphatic rings. The van der Waals surface area contributed by atoms with E-state index in [9.17, 15) is 0 Å². The standard InChI is InChI=1S/C13H19BrO3/c1-3-4-7-16-8-9-17-13-6-5-11(15-2)10-12(13)14/h5-6,10H,3-4,7-9H2,1-2H3. The highest BCUT2D eigenvalue weighted by atomic mass is 79.9. The third-order valence-electron chi connectivity index (χ3n) is 2.27. The summed E-state index contributed by atoms with van der Waals surface area (Å²) in [5.74, 6) is 1.62. The molecule has 0 aromatic heterocycles. The molecular weight excluding hydrogens is 284 g/mol. The molecule has 96 valence electrons. The quantitative estimate of drug-likeness (QED) is 0.686. The first kappa shape index (κ1) is 14.3. The maximum Gasteiger partial charge on any atom is 0.133 e. The van der Waals surface area contributed by atoms with Crippen molar-refractivity contribution in [3.05, 3.63) is 22.7 Å². The van der Waals surface area contributed by atoms with E-state index in [2.05, 4.69) is 22.9 Å². The number of hydrogen-bond donors (Lipinski definition) is 0. The fourth-order valence-electron chi connectivity index (χ4n) is 1.28. The van der Waals surface area contributed by atoms with Crippen LogP contribution in [0.1, 0.15) is 19.8 Å². The van der Waals surface area contributed by atoms with E-state index in [1.54, 1.807) is 7.11 Å². The molecule has 0 atom stereocenters. The highest BCUT2D eigenvalue weighted by Gasteiger charge is 2.02. The highest BCUT2D eigenvalue weighted by molar-refractivity contribution is 9.10. The fraction of sp³-hybridized carbons (Fsp3) is 0.538. The molecule has 0 bridgehead atoms. The molecule has 0 unspecified atom stereocenters. The lowest BCUT2D eigenvalue weighted by Gasteiger charge is -2.09. The Morgan fingerprint density at radius 2 is 2.00 bits per heavy atom. The van der Waals surface area contributed by atoms with Gasteiger partial charge in [0, 0.05) is 6.61 Å². The molecule has 1 rings (SSSR count). The zero-order valence-corrected chi connectivity index (χ0v) is 12.0. The summed E-state index contributed by atoms with van der Waals surface area (Å²) in [6.07, 6.45) is 2.26. The van der Waals surface area contributed by atoms with Gasteiger partial charge in [-0.3, -0.25) is 0 Å². The Balaban J connectivity index is 2.27. The molecule has 1 aromatic carbocycles. The third kappa shape index (κ3) is 5.41. The van der Waals surface area contributed by atoms with Crippen LogP contribution in [0.15, 0.2) is 22.7 Å². The van der Waals surface area contributed by atoms with E-state index in [1.807, 2.05) is 18.2 Å². The molecule has 4 heteroatoms. The van der Waals surface area contributed by atoms with Crippen molar-refractivity contribution in [3.8, 4) is 11.5 Å². The predicted molar refractivity (Wildman–Crippen MR) is 71.9 cm³/mol. The van der Waals surface area contributed by atoms with Crippen LogP contribution in [0.5, 0.6) is 11.5 Å². The maximum absolute atomic E-state index is 5.59. The number of hydrogen-bond acceptors (Lipinski definition) is 3. The number of rotatable bonds is 8. The van der Waals surface area contributed by atoms with Gasteiger partial charge in [0.1, 0.15) is 18.1 Å². The van der Waals surface area contributed by atoms with Crippen LogP contribution in [0, 0.1) is 0 Å². The molecule has 1 aromatic rings. The van der Waals surface area contributed by atoms with Crippen molar-refractivity contribution in [1.29, 1.82) is 0 Å². The fourth-order valence-corrected chi connectivity index (χ4v) is 1.76. The van der Waals surface area contributed by atoms with E-state index < -0.39 is 0 Å². The second-order valence-corrected chi connectivity index (χ2v) is 4.47. The monoisotopic (exact) mass is 302 g/mol. The Kier molecular flexibility index (Phi) is 7.05. The van der Waals surface area contributed by atoms with Gasteiger partial charge >= 0.3 is 0 Å². The minimum atomic E-state index is 0.564. The molecule has 0 aliphatic heterocycles. The zero-order chi connectivity index (χ0) is 12.5. The van der Waals surface area contributed by atoms with Crippen LogP contribution in [0.2, 0.25) is 0 Å². The molecule has 3 nitrogen and oxygen atoms in total. The van der Waals surface area contributed by atoms with Gasteiger partial charge in [0.05, 0.1) is 18.2 Å². The second kappa shape index (κ2) is 8.37. The molecule has 0 spiro atoms. The first-order valence-electron chi connectivity index (χ1n) is 5.82. The number of unbranched alkanes of at least 4 members (excludes halogenated alkanes) is 1. The lowest BCUT2D eigenvalue weighted by atomic mass is 10.3. The van der Waals surface area contributed by atoms with Gasteiger partial charge in [-0.15, -0.1) is 0 Å². The molecule has 0 heterocycles. The Morgan fingerprint density at radius 3 is 2.65 bits per heavy atom. The van der Waals surface area contributed by atoms with Gasteiger partial charge in [-0.25, -0.2) is 0 Å². The minimum Gasteiger partial charge on any atom is -0.497 e. The van der Waals surface area contributed by atoms with Crippen LogP contribution in [0.4, 0.5) is 0 Å². The van der Waals surface area contributed by atoms with Gasteiger partial charge in [-0.1, -0.05) is 13.3 Å². The van der Waals surface area contributed by atoms with Crippen molar-refractivity contribution in [3.63, 3.8) is 0 Å². The zero-order valence-electron chi connectivity index (χ0n) is 10.4. The topological polar surface area (TPSA) is 27.7 Å². The molecule has 0 saturated carbocycles. The molecule has 0 aliphatic carbocycles. The van der Waals surface area contributed by atoms with Gasteiger partial charge in [0.2, 0.25) is 0 Å². The first-order chi connectivity index (χ1) is 8.27. The summed E-state index contributed by atoms with van der Waals surface area (Å²) in [6, 6.07) is 5.64. The average Bonchev–Trinajstić information content (AvgIpc) is 2.35. The second-order valence-electron chi connectivity index (χ2n) is 3.61. The number of benzene rings is 1. The smallest absolute Gasteiger partial charge is 0.133 e. The summed E-state index contributed by atoms with van der Waals surface area (Å²) in [5, 5.41) is 0. The number of methoxy groups -OCH3 is 1.